The standard InChI is InChI=1S/C13H18ClN5O8S3.Na.H/c1-26-18-9(6-4-29-13(15-6)16-8(20)3-14)11(21)17-10-7(5-28-2)19(12(10)27-22)30(23,24)25;;/h4,7,10,12,22H,3,5H2,1-2H3,(H,17,21)(H,15,16,20)(H,23,24,25);;/q;+1;-1/b18-9-;;. The molecular formula is C13H19ClN5NaO8S3. The number of carbonyl (C=O) groups is 2. The fourth-order valence-electron chi connectivity index (χ4n) is 2.63. The number of oxime groups is 1. The summed E-state index contributed by atoms with van der Waals surface area (Å²) in [5, 5.41) is 19.2. The topological polar surface area (TPSA) is 180 Å². The van der Waals surface area contributed by atoms with E-state index in [1.165, 1.54) is 24.3 Å². The zero-order chi connectivity index (χ0) is 22.5. The molecule has 1 aromatic heterocycles. The van der Waals surface area contributed by atoms with Crippen molar-refractivity contribution in [3.63, 3.8) is 0 Å². The molecule has 0 aromatic carbocycles. The molecular weight excluding hydrogens is 509 g/mol. The SMILES string of the molecule is CO/N=C(\C(=O)NC1C(CSC)N(S(=O)(=O)O)C1OO)c1csc(NC(=O)CCl)n1.[H-].[Na+]. The van der Waals surface area contributed by atoms with E-state index in [2.05, 4.69) is 30.5 Å². The van der Waals surface area contributed by atoms with Gasteiger partial charge in [0.2, 0.25) is 5.91 Å². The minimum atomic E-state index is -4.69. The number of aromatic nitrogens is 1. The van der Waals surface area contributed by atoms with Crippen molar-refractivity contribution in [2.75, 3.05) is 30.3 Å². The van der Waals surface area contributed by atoms with E-state index in [1.807, 2.05) is 0 Å². The number of amides is 2. The van der Waals surface area contributed by atoms with E-state index in [-0.39, 0.29) is 59.2 Å². The van der Waals surface area contributed by atoms with Crippen LogP contribution in [0.1, 0.15) is 7.12 Å². The average Bonchev–Trinajstić information content (AvgIpc) is 3.13. The van der Waals surface area contributed by atoms with E-state index in [0.717, 1.165) is 11.3 Å². The number of hydrogen-bond acceptors (Lipinski definition) is 11. The second-order valence-corrected chi connectivity index (χ2v) is 9.02. The van der Waals surface area contributed by atoms with Crippen LogP contribution in [0.25, 0.3) is 0 Å². The van der Waals surface area contributed by atoms with Crippen molar-refractivity contribution in [3.8, 4) is 0 Å². The molecule has 13 nitrogen and oxygen atoms in total. The zero-order valence-electron chi connectivity index (χ0n) is 17.5. The van der Waals surface area contributed by atoms with Gasteiger partial charge >= 0.3 is 39.9 Å². The largest absolute Gasteiger partial charge is 1.00 e. The Morgan fingerprint density at radius 1 is 1.52 bits per heavy atom. The first kappa shape index (κ1) is 28.5. The maximum atomic E-state index is 12.8. The van der Waals surface area contributed by atoms with Crippen LogP contribution in [-0.2, 0) is 29.6 Å². The van der Waals surface area contributed by atoms with Gasteiger partial charge in [-0.1, -0.05) is 5.16 Å². The van der Waals surface area contributed by atoms with Crippen molar-refractivity contribution in [1.29, 1.82) is 0 Å². The van der Waals surface area contributed by atoms with Crippen LogP contribution in [0.3, 0.4) is 0 Å². The first-order valence-electron chi connectivity index (χ1n) is 7.96. The molecule has 1 fully saturated rings. The summed E-state index contributed by atoms with van der Waals surface area (Å²) in [6, 6.07) is -1.90. The van der Waals surface area contributed by atoms with Gasteiger partial charge in [0.15, 0.2) is 17.1 Å². The number of thiazole rings is 1. The van der Waals surface area contributed by atoms with Gasteiger partial charge in [-0.15, -0.1) is 27.2 Å². The van der Waals surface area contributed by atoms with Crippen LogP contribution in [0, 0.1) is 0 Å². The molecule has 0 saturated carbocycles. The van der Waals surface area contributed by atoms with E-state index in [4.69, 9.17) is 16.9 Å². The van der Waals surface area contributed by atoms with Gasteiger partial charge < -0.3 is 16.9 Å². The molecule has 2 amide bonds. The average molecular weight is 528 g/mol. The van der Waals surface area contributed by atoms with Crippen LogP contribution >= 0.6 is 34.7 Å². The summed E-state index contributed by atoms with van der Waals surface area (Å²) in [7, 11) is -3.49. The fraction of sp³-hybridized carbons (Fsp3) is 0.538. The smallest absolute Gasteiger partial charge is 1.00 e. The van der Waals surface area contributed by atoms with E-state index >= 15 is 0 Å². The quantitative estimate of drug-likeness (QED) is 0.0609. The first-order valence-corrected chi connectivity index (χ1v) is 12.2. The molecule has 18 heteroatoms. The van der Waals surface area contributed by atoms with Crippen molar-refractivity contribution in [2.24, 2.45) is 5.16 Å². The second-order valence-electron chi connectivity index (χ2n) is 5.67. The molecule has 2 rings (SSSR count). The molecule has 0 spiro atoms. The molecule has 3 atom stereocenters. The van der Waals surface area contributed by atoms with E-state index in [9.17, 15) is 22.6 Å². The van der Waals surface area contributed by atoms with Gasteiger partial charge in [-0.3, -0.25) is 19.4 Å². The fourth-order valence-corrected chi connectivity index (χ4v) is 5.19. The summed E-state index contributed by atoms with van der Waals surface area (Å²) >= 11 is 7.69. The van der Waals surface area contributed by atoms with Gasteiger partial charge in [-0.2, -0.15) is 20.2 Å². The van der Waals surface area contributed by atoms with Crippen molar-refractivity contribution < 1.29 is 68.5 Å². The Hall–Kier alpha value is -0.530. The summed E-state index contributed by atoms with van der Waals surface area (Å²) in [6.45, 7) is 0. The van der Waals surface area contributed by atoms with Crippen LogP contribution in [0.4, 0.5) is 5.13 Å². The Bertz CT molecular complexity index is 923. The third-order valence-corrected chi connectivity index (χ3v) is 6.51. The molecule has 1 aliphatic heterocycles. The third-order valence-electron chi connectivity index (χ3n) is 3.82. The Morgan fingerprint density at radius 2 is 2.19 bits per heavy atom. The summed E-state index contributed by atoms with van der Waals surface area (Å²) in [4.78, 5) is 37.0. The summed E-state index contributed by atoms with van der Waals surface area (Å²) in [6.07, 6.45) is 0.150. The summed E-state index contributed by atoms with van der Waals surface area (Å²) in [5.74, 6) is -1.40. The molecule has 1 aromatic rings. The molecule has 0 aliphatic carbocycles. The number of nitrogens with one attached hydrogen (secondary N) is 2. The Balaban J connectivity index is 0.00000480. The molecule has 31 heavy (non-hydrogen) atoms. The van der Waals surface area contributed by atoms with Crippen LogP contribution in [0.5, 0.6) is 0 Å². The van der Waals surface area contributed by atoms with E-state index in [0.29, 0.717) is 4.31 Å². The Morgan fingerprint density at radius 3 is 2.71 bits per heavy atom. The number of rotatable bonds is 10. The second kappa shape index (κ2) is 12.6. The van der Waals surface area contributed by atoms with Gasteiger partial charge in [0.05, 0.1) is 12.1 Å². The maximum absolute atomic E-state index is 12.8. The molecule has 1 saturated heterocycles. The van der Waals surface area contributed by atoms with Gasteiger partial charge in [0.25, 0.3) is 5.91 Å². The molecule has 170 valence electrons. The molecule has 4 N–H and O–H groups in total. The van der Waals surface area contributed by atoms with Crippen LogP contribution in [0.2, 0.25) is 0 Å². The maximum Gasteiger partial charge on any atom is 1.00 e. The Kier molecular flexibility index (Phi) is 11.6. The van der Waals surface area contributed by atoms with Crippen molar-refractivity contribution >= 4 is 67.7 Å². The third kappa shape index (κ3) is 6.97. The number of hydrogen-bond donors (Lipinski definition) is 4. The van der Waals surface area contributed by atoms with Gasteiger partial charge in [0, 0.05) is 11.1 Å². The van der Waals surface area contributed by atoms with Crippen LogP contribution < -0.4 is 40.2 Å². The predicted octanol–water partition coefficient (Wildman–Crippen LogP) is -3.06. The van der Waals surface area contributed by atoms with Crippen LogP contribution in [0.15, 0.2) is 10.5 Å². The molecule has 1 aliphatic rings. The predicted molar refractivity (Wildman–Crippen MR) is 111 cm³/mol. The van der Waals surface area contributed by atoms with Crippen molar-refractivity contribution in [2.45, 2.75) is 18.3 Å². The van der Waals surface area contributed by atoms with Crippen LogP contribution in [-0.4, -0.2) is 88.4 Å². The zero-order valence-corrected chi connectivity index (χ0v) is 21.7. The number of anilines is 1. The molecule has 0 radical (unpaired) electrons. The monoisotopic (exact) mass is 527 g/mol. The van der Waals surface area contributed by atoms with Crippen molar-refractivity contribution in [1.82, 2.24) is 14.6 Å². The van der Waals surface area contributed by atoms with E-state index in [1.54, 1.807) is 6.26 Å². The number of halogens is 1. The molecule has 2 heterocycles. The number of nitrogens with zero attached hydrogens (tertiary/aromatic N) is 3. The number of alkyl halides is 1. The number of carbonyl (C=O) groups excluding carboxylic acids is 2. The minimum Gasteiger partial charge on any atom is -1.00 e. The normalized spacial score (nSPS) is 21.6. The van der Waals surface area contributed by atoms with Gasteiger partial charge in [-0.05, 0) is 6.26 Å². The van der Waals surface area contributed by atoms with E-state index < -0.39 is 40.4 Å². The molecule has 0 bridgehead atoms. The van der Waals surface area contributed by atoms with Gasteiger partial charge in [-0.25, -0.2) is 9.87 Å². The molecule has 3 unspecified atom stereocenters. The minimum absolute atomic E-state index is 0. The van der Waals surface area contributed by atoms with Gasteiger partial charge in [0.1, 0.15) is 18.7 Å². The first-order chi connectivity index (χ1) is 14.2. The van der Waals surface area contributed by atoms with Crippen molar-refractivity contribution in [3.05, 3.63) is 11.1 Å². The summed E-state index contributed by atoms with van der Waals surface area (Å²) < 4.78 is 33.0. The summed E-state index contributed by atoms with van der Waals surface area (Å²) in [5.41, 5.74) is -0.205. The number of thioether (sulfide) groups is 1. The Labute approximate surface area is 214 Å².